The molecule has 1 aliphatic carbocycles. The topological polar surface area (TPSA) is 0 Å². The van der Waals surface area contributed by atoms with E-state index in [2.05, 4.69) is 61.5 Å². The Balaban J connectivity index is 0.000000324. The van der Waals surface area contributed by atoms with Crippen LogP contribution in [0.5, 0.6) is 0 Å². The van der Waals surface area contributed by atoms with E-state index in [4.69, 9.17) is 0 Å². The zero-order chi connectivity index (χ0) is 14.0. The first-order valence-electron chi connectivity index (χ1n) is 6.78. The van der Waals surface area contributed by atoms with Gasteiger partial charge in [0, 0.05) is 0 Å². The summed E-state index contributed by atoms with van der Waals surface area (Å²) in [7, 11) is 0. The molecule has 0 unspecified atom stereocenters. The third-order valence-electron chi connectivity index (χ3n) is 4.55. The summed E-state index contributed by atoms with van der Waals surface area (Å²) < 4.78 is 0. The van der Waals surface area contributed by atoms with Crippen LogP contribution >= 0.6 is 0 Å². The molecule has 0 saturated heterocycles. The van der Waals surface area contributed by atoms with Gasteiger partial charge in [-0.15, -0.1) is 0 Å². The zero-order valence-corrected chi connectivity index (χ0v) is 14.7. The van der Waals surface area contributed by atoms with Crippen molar-refractivity contribution in [1.82, 2.24) is 0 Å². The standard InChI is InChI=1S/C9H14.C9H13.Fe/c2*1-6-5-7(2)9(4)8(6)3;/h5H2,1-4H3;5H,1-4H3;/q;-1;+2. The van der Waals surface area contributed by atoms with Crippen LogP contribution in [0.25, 0.3) is 0 Å². The molecule has 2 rings (SSSR count). The van der Waals surface area contributed by atoms with Gasteiger partial charge < -0.3 is 0 Å². The van der Waals surface area contributed by atoms with Crippen molar-refractivity contribution in [3.05, 3.63) is 50.6 Å². The fraction of sp³-hybridized carbons (Fsp3) is 0.500. The van der Waals surface area contributed by atoms with Crippen LogP contribution in [-0.4, -0.2) is 0 Å². The van der Waals surface area contributed by atoms with Crippen molar-refractivity contribution in [2.75, 3.05) is 0 Å². The molecule has 1 aromatic rings. The predicted octanol–water partition coefficient (Wildman–Crippen LogP) is 5.70. The molecule has 0 bridgehead atoms. The van der Waals surface area contributed by atoms with Crippen molar-refractivity contribution in [3.8, 4) is 0 Å². The van der Waals surface area contributed by atoms with Crippen LogP contribution in [0.4, 0.5) is 0 Å². The van der Waals surface area contributed by atoms with Gasteiger partial charge in [0.05, 0.1) is 0 Å². The van der Waals surface area contributed by atoms with Gasteiger partial charge in [0.1, 0.15) is 0 Å². The zero-order valence-electron chi connectivity index (χ0n) is 13.6. The number of hydrogen-bond donors (Lipinski definition) is 0. The maximum absolute atomic E-state index is 2.24. The molecule has 0 heterocycles. The third kappa shape index (κ3) is 4.16. The van der Waals surface area contributed by atoms with E-state index in [0.717, 1.165) is 0 Å². The average Bonchev–Trinajstić information content (AvgIpc) is 2.66. The van der Waals surface area contributed by atoms with E-state index in [0.29, 0.717) is 0 Å². The molecule has 106 valence electrons. The van der Waals surface area contributed by atoms with Gasteiger partial charge in [-0.3, -0.25) is 0 Å². The van der Waals surface area contributed by atoms with Crippen LogP contribution < -0.4 is 0 Å². The maximum atomic E-state index is 2.24. The van der Waals surface area contributed by atoms with Crippen molar-refractivity contribution < 1.29 is 17.1 Å². The molecule has 0 amide bonds. The molecule has 1 aliphatic rings. The van der Waals surface area contributed by atoms with Crippen molar-refractivity contribution >= 4 is 0 Å². The Morgan fingerprint density at radius 2 is 0.947 bits per heavy atom. The molecule has 1 heteroatoms. The summed E-state index contributed by atoms with van der Waals surface area (Å²) in [6, 6.07) is 2.24. The minimum atomic E-state index is 0. The quantitative estimate of drug-likeness (QED) is 0.426. The molecule has 0 aliphatic heterocycles. The molecule has 1 aromatic carbocycles. The monoisotopic (exact) mass is 299 g/mol. The molecule has 0 aromatic heterocycles. The maximum Gasteiger partial charge on any atom is 2.00 e. The average molecular weight is 299 g/mol. The van der Waals surface area contributed by atoms with Crippen molar-refractivity contribution in [2.24, 2.45) is 0 Å². The van der Waals surface area contributed by atoms with E-state index in [9.17, 15) is 0 Å². The first-order valence-corrected chi connectivity index (χ1v) is 6.78. The Morgan fingerprint density at radius 1 is 0.632 bits per heavy atom. The van der Waals surface area contributed by atoms with Gasteiger partial charge in [-0.05, 0) is 45.3 Å². The second-order valence-electron chi connectivity index (χ2n) is 5.75. The number of hydrogen-bond acceptors (Lipinski definition) is 0. The summed E-state index contributed by atoms with van der Waals surface area (Å²) >= 11 is 0. The molecule has 0 saturated carbocycles. The summed E-state index contributed by atoms with van der Waals surface area (Å²) in [6.07, 6.45) is 1.21. The van der Waals surface area contributed by atoms with E-state index in [1.807, 2.05) is 0 Å². The van der Waals surface area contributed by atoms with Gasteiger partial charge in [-0.1, -0.05) is 38.8 Å². The fourth-order valence-corrected chi connectivity index (χ4v) is 2.44. The second kappa shape index (κ2) is 7.22. The van der Waals surface area contributed by atoms with E-state index in [1.165, 1.54) is 39.8 Å². The molecular formula is C18H27Fe+. The summed E-state index contributed by atoms with van der Waals surface area (Å²) in [5, 5.41) is 0. The first kappa shape index (κ1) is 18.3. The largest absolute Gasteiger partial charge is 2.00 e. The Morgan fingerprint density at radius 3 is 1.05 bits per heavy atom. The normalized spacial score (nSPS) is 14.3. The van der Waals surface area contributed by atoms with Gasteiger partial charge >= 0.3 is 17.1 Å². The molecule has 0 nitrogen and oxygen atoms in total. The summed E-state index contributed by atoms with van der Waals surface area (Å²) in [4.78, 5) is 0. The number of rotatable bonds is 0. The summed E-state index contributed by atoms with van der Waals surface area (Å²) in [5.41, 5.74) is 11.9. The number of allylic oxidation sites excluding steroid dienone is 4. The molecule has 0 fully saturated rings. The Kier molecular flexibility index (Phi) is 6.97. The van der Waals surface area contributed by atoms with Gasteiger partial charge in [0.15, 0.2) is 0 Å². The molecule has 0 N–H and O–H groups in total. The summed E-state index contributed by atoms with van der Waals surface area (Å²) in [5.74, 6) is 0. The Hall–Kier alpha value is -0.651. The van der Waals surface area contributed by atoms with Gasteiger partial charge in [-0.2, -0.15) is 28.3 Å². The van der Waals surface area contributed by atoms with Crippen molar-refractivity contribution in [3.63, 3.8) is 0 Å². The predicted molar refractivity (Wildman–Crippen MR) is 82.3 cm³/mol. The smallest absolute Gasteiger partial charge is 0.196 e. The molecule has 0 spiro atoms. The second-order valence-corrected chi connectivity index (χ2v) is 5.75. The van der Waals surface area contributed by atoms with Gasteiger partial charge in [-0.25, -0.2) is 0 Å². The first-order chi connectivity index (χ1) is 8.25. The molecule has 0 radical (unpaired) electrons. The van der Waals surface area contributed by atoms with Crippen LogP contribution in [0.1, 0.15) is 56.4 Å². The SMILES string of the molecule is CC1=C(C)C(C)=C(C)C1.Cc1[cH-]c(C)c(C)c1C.[Fe+2]. The van der Waals surface area contributed by atoms with Gasteiger partial charge in [0.25, 0.3) is 0 Å². The minimum Gasteiger partial charge on any atom is -0.196 e. The van der Waals surface area contributed by atoms with Crippen molar-refractivity contribution in [1.29, 1.82) is 0 Å². The van der Waals surface area contributed by atoms with Crippen LogP contribution in [0.3, 0.4) is 0 Å². The van der Waals surface area contributed by atoms with Gasteiger partial charge in [0.2, 0.25) is 0 Å². The number of aryl methyl sites for hydroxylation is 2. The van der Waals surface area contributed by atoms with E-state index < -0.39 is 0 Å². The van der Waals surface area contributed by atoms with E-state index in [-0.39, 0.29) is 17.1 Å². The Bertz CT molecular complexity index is 466. The van der Waals surface area contributed by atoms with Crippen molar-refractivity contribution in [2.45, 2.75) is 61.8 Å². The van der Waals surface area contributed by atoms with Crippen LogP contribution in [0.15, 0.2) is 28.4 Å². The van der Waals surface area contributed by atoms with E-state index >= 15 is 0 Å². The van der Waals surface area contributed by atoms with Crippen LogP contribution in [-0.2, 0) is 17.1 Å². The molecule has 0 atom stereocenters. The van der Waals surface area contributed by atoms with Crippen LogP contribution in [0, 0.1) is 27.7 Å². The van der Waals surface area contributed by atoms with Crippen LogP contribution in [0.2, 0.25) is 0 Å². The Labute approximate surface area is 129 Å². The fourth-order valence-electron chi connectivity index (χ4n) is 2.44. The minimum absolute atomic E-state index is 0. The molecular weight excluding hydrogens is 272 g/mol. The van der Waals surface area contributed by atoms with E-state index in [1.54, 1.807) is 11.1 Å². The third-order valence-corrected chi connectivity index (χ3v) is 4.55. The summed E-state index contributed by atoms with van der Waals surface area (Å²) in [6.45, 7) is 17.5. The molecule has 19 heavy (non-hydrogen) atoms.